The van der Waals surface area contributed by atoms with Gasteiger partial charge in [0.2, 0.25) is 0 Å². The van der Waals surface area contributed by atoms with Crippen LogP contribution in [0.3, 0.4) is 0 Å². The first-order chi connectivity index (χ1) is 10.6. The molecule has 0 spiro atoms. The average Bonchev–Trinajstić information content (AvgIpc) is 2.54. The van der Waals surface area contributed by atoms with Crippen molar-refractivity contribution < 1.29 is 9.05 Å². The fourth-order valence-electron chi connectivity index (χ4n) is 1.75. The van der Waals surface area contributed by atoms with E-state index >= 15 is 0 Å². The molecule has 0 atom stereocenters. The highest BCUT2D eigenvalue weighted by Crippen LogP contribution is 2.51. The molecule has 0 saturated carbocycles. The number of para-hydroxylation sites is 2. The quantitative estimate of drug-likeness (QED) is 0.525. The molecule has 0 amide bonds. The summed E-state index contributed by atoms with van der Waals surface area (Å²) in [6.45, 7) is 6.17. The van der Waals surface area contributed by atoms with Crippen LogP contribution in [0, 0.1) is 11.8 Å². The third-order valence-corrected chi connectivity index (χ3v) is 4.67. The molecule has 0 unspecified atom stereocenters. The third-order valence-electron chi connectivity index (χ3n) is 2.89. The molecule has 0 bridgehead atoms. The van der Waals surface area contributed by atoms with Gasteiger partial charge in [-0.15, -0.1) is 5.92 Å². The van der Waals surface area contributed by atoms with E-state index in [9.17, 15) is 0 Å². The Hall–Kier alpha value is -1.97. The topological polar surface area (TPSA) is 18.5 Å². The molecule has 0 saturated heterocycles. The Balaban J connectivity index is 2.24. The van der Waals surface area contributed by atoms with Crippen molar-refractivity contribution in [3.63, 3.8) is 0 Å². The van der Waals surface area contributed by atoms with E-state index in [-0.39, 0.29) is 5.16 Å². The Kier molecular flexibility index (Phi) is 5.87. The second-order valence-corrected chi connectivity index (χ2v) is 7.28. The van der Waals surface area contributed by atoms with E-state index in [2.05, 4.69) is 25.7 Å². The Labute approximate surface area is 134 Å². The van der Waals surface area contributed by atoms with Gasteiger partial charge in [-0.1, -0.05) is 49.2 Å². The summed E-state index contributed by atoms with van der Waals surface area (Å²) in [5.74, 6) is 8.03. The van der Waals surface area contributed by atoms with Crippen LogP contribution in [-0.4, -0.2) is 5.16 Å². The molecule has 0 aromatic heterocycles. The van der Waals surface area contributed by atoms with Gasteiger partial charge in [-0.25, -0.2) is 0 Å². The van der Waals surface area contributed by atoms with Gasteiger partial charge in [-0.2, -0.15) is 0 Å². The highest BCUT2D eigenvalue weighted by Gasteiger charge is 2.34. The van der Waals surface area contributed by atoms with Crippen molar-refractivity contribution in [1.29, 1.82) is 0 Å². The molecule has 3 heteroatoms. The summed E-state index contributed by atoms with van der Waals surface area (Å²) in [7, 11) is -1.24. The molecule has 0 aliphatic carbocycles. The van der Waals surface area contributed by atoms with E-state index in [0.717, 1.165) is 17.9 Å². The number of rotatable bonds is 5. The van der Waals surface area contributed by atoms with Crippen LogP contribution >= 0.6 is 8.38 Å². The molecular formula is C19H21O2P. The summed E-state index contributed by atoms with van der Waals surface area (Å²) >= 11 is 0. The minimum atomic E-state index is -1.24. The summed E-state index contributed by atoms with van der Waals surface area (Å²) in [4.78, 5) is 0. The standard InChI is InChI=1S/C19H21O2P/c1-4-5-16-19(2,3)22(20-17-12-8-6-9-13-17)21-18-14-10-7-11-15-18/h6-15H,4H2,1-3H3. The minimum absolute atomic E-state index is 0.364. The Morgan fingerprint density at radius 2 is 1.32 bits per heavy atom. The summed E-state index contributed by atoms with van der Waals surface area (Å²) in [6.07, 6.45) is 0.823. The fraction of sp³-hybridized carbons (Fsp3) is 0.263. The van der Waals surface area contributed by atoms with Crippen LogP contribution in [0.5, 0.6) is 11.5 Å². The van der Waals surface area contributed by atoms with Crippen molar-refractivity contribution in [3.05, 3.63) is 60.7 Å². The van der Waals surface area contributed by atoms with Gasteiger partial charge < -0.3 is 9.05 Å². The van der Waals surface area contributed by atoms with E-state index in [1.165, 1.54) is 0 Å². The van der Waals surface area contributed by atoms with Gasteiger partial charge in [0.1, 0.15) is 16.7 Å². The normalized spacial score (nSPS) is 10.7. The zero-order chi connectivity index (χ0) is 15.8. The van der Waals surface area contributed by atoms with Crippen molar-refractivity contribution in [2.24, 2.45) is 0 Å². The first-order valence-corrected chi connectivity index (χ1v) is 8.56. The van der Waals surface area contributed by atoms with Gasteiger partial charge in [0.15, 0.2) is 0 Å². The first-order valence-electron chi connectivity index (χ1n) is 7.38. The highest BCUT2D eigenvalue weighted by molar-refractivity contribution is 7.50. The van der Waals surface area contributed by atoms with Gasteiger partial charge in [-0.3, -0.25) is 0 Å². The van der Waals surface area contributed by atoms with Gasteiger partial charge in [0.25, 0.3) is 0 Å². The maximum absolute atomic E-state index is 6.12. The van der Waals surface area contributed by atoms with Gasteiger partial charge in [0.05, 0.1) is 0 Å². The van der Waals surface area contributed by atoms with Crippen LogP contribution in [-0.2, 0) is 0 Å². The minimum Gasteiger partial charge on any atom is -0.438 e. The van der Waals surface area contributed by atoms with Crippen molar-refractivity contribution in [3.8, 4) is 23.3 Å². The molecule has 0 radical (unpaired) electrons. The highest BCUT2D eigenvalue weighted by atomic mass is 31.2. The van der Waals surface area contributed by atoms with Crippen LogP contribution in [0.2, 0.25) is 0 Å². The molecule has 2 aromatic carbocycles. The molecule has 0 heterocycles. The van der Waals surface area contributed by atoms with Crippen LogP contribution < -0.4 is 9.05 Å². The van der Waals surface area contributed by atoms with Crippen molar-refractivity contribution in [1.82, 2.24) is 0 Å². The number of hydrogen-bond donors (Lipinski definition) is 0. The third kappa shape index (κ3) is 4.79. The molecule has 2 aromatic rings. The van der Waals surface area contributed by atoms with Crippen LogP contribution in [0.25, 0.3) is 0 Å². The first kappa shape index (κ1) is 16.4. The number of hydrogen-bond acceptors (Lipinski definition) is 2. The molecule has 0 aliphatic rings. The second-order valence-electron chi connectivity index (χ2n) is 5.28. The lowest BCUT2D eigenvalue weighted by Crippen LogP contribution is -2.20. The SMILES string of the molecule is CCC#CC(C)(C)P(Oc1ccccc1)Oc1ccccc1. The van der Waals surface area contributed by atoms with E-state index in [0.29, 0.717) is 0 Å². The predicted molar refractivity (Wildman–Crippen MR) is 93.2 cm³/mol. The number of benzene rings is 2. The van der Waals surface area contributed by atoms with E-state index in [1.807, 2.05) is 67.6 Å². The van der Waals surface area contributed by atoms with Gasteiger partial charge in [-0.05, 0) is 38.1 Å². The Bertz CT molecular complexity index is 585. The van der Waals surface area contributed by atoms with E-state index in [1.54, 1.807) is 0 Å². The molecule has 2 nitrogen and oxygen atoms in total. The van der Waals surface area contributed by atoms with E-state index < -0.39 is 8.38 Å². The lowest BCUT2D eigenvalue weighted by Gasteiger charge is -2.28. The monoisotopic (exact) mass is 312 g/mol. The molecule has 0 aliphatic heterocycles. The lowest BCUT2D eigenvalue weighted by molar-refractivity contribution is 0.467. The van der Waals surface area contributed by atoms with Gasteiger partial charge >= 0.3 is 8.38 Å². The molecule has 114 valence electrons. The van der Waals surface area contributed by atoms with Gasteiger partial charge in [0, 0.05) is 6.42 Å². The van der Waals surface area contributed by atoms with Crippen molar-refractivity contribution >= 4 is 8.38 Å². The summed E-state index contributed by atoms with van der Waals surface area (Å²) in [5, 5.41) is -0.364. The Morgan fingerprint density at radius 3 is 1.73 bits per heavy atom. The second kappa shape index (κ2) is 7.87. The largest absolute Gasteiger partial charge is 0.438 e. The summed E-state index contributed by atoms with van der Waals surface area (Å²) in [6, 6.07) is 19.5. The molecule has 0 fully saturated rings. The molecular weight excluding hydrogens is 291 g/mol. The molecule has 0 N–H and O–H groups in total. The summed E-state index contributed by atoms with van der Waals surface area (Å²) in [5.41, 5.74) is 0. The van der Waals surface area contributed by atoms with E-state index in [4.69, 9.17) is 9.05 Å². The van der Waals surface area contributed by atoms with Crippen LogP contribution in [0.1, 0.15) is 27.2 Å². The zero-order valence-corrected chi connectivity index (χ0v) is 14.1. The smallest absolute Gasteiger partial charge is 0.309 e. The van der Waals surface area contributed by atoms with Crippen molar-refractivity contribution in [2.45, 2.75) is 32.3 Å². The average molecular weight is 312 g/mol. The van der Waals surface area contributed by atoms with Crippen LogP contribution in [0.15, 0.2) is 60.7 Å². The predicted octanol–water partition coefficient (Wildman–Crippen LogP) is 5.65. The van der Waals surface area contributed by atoms with Crippen molar-refractivity contribution in [2.75, 3.05) is 0 Å². The van der Waals surface area contributed by atoms with Crippen LogP contribution in [0.4, 0.5) is 0 Å². The summed E-state index contributed by atoms with van der Waals surface area (Å²) < 4.78 is 12.2. The molecule has 22 heavy (non-hydrogen) atoms. The zero-order valence-electron chi connectivity index (χ0n) is 13.2. The maximum atomic E-state index is 6.12. The maximum Gasteiger partial charge on any atom is 0.309 e. The lowest BCUT2D eigenvalue weighted by atomic mass is 10.2. The molecule has 2 rings (SSSR count). The Morgan fingerprint density at radius 1 is 0.864 bits per heavy atom. The fourth-order valence-corrected chi connectivity index (χ4v) is 3.04.